The van der Waals surface area contributed by atoms with Crippen LogP contribution in [0.3, 0.4) is 0 Å². The van der Waals surface area contributed by atoms with E-state index in [1.165, 1.54) is 24.9 Å². The van der Waals surface area contributed by atoms with Crippen LogP contribution >= 0.6 is 11.8 Å². The fraction of sp³-hybridized carbons (Fsp3) is 0.188. The third kappa shape index (κ3) is 4.23. The predicted octanol–water partition coefficient (Wildman–Crippen LogP) is 3.93. The van der Waals surface area contributed by atoms with Crippen LogP contribution in [0.15, 0.2) is 52.3 Å². The van der Waals surface area contributed by atoms with Crippen LogP contribution in [0.2, 0.25) is 0 Å². The summed E-state index contributed by atoms with van der Waals surface area (Å²) >= 11 is 1.25. The van der Waals surface area contributed by atoms with Crippen LogP contribution in [0.4, 0.5) is 5.69 Å². The number of benzene rings is 2. The molecule has 0 heterocycles. The highest BCUT2D eigenvalue weighted by atomic mass is 32.2. The Balaban J connectivity index is 2.22. The molecular weight excluding hydrogens is 318 g/mol. The van der Waals surface area contributed by atoms with E-state index in [-0.39, 0.29) is 11.7 Å². The van der Waals surface area contributed by atoms with Crippen molar-refractivity contribution in [2.75, 3.05) is 13.7 Å². The van der Waals surface area contributed by atoms with E-state index in [4.69, 9.17) is 9.47 Å². The molecule has 120 valence electrons. The highest BCUT2D eigenvalue weighted by molar-refractivity contribution is 7.99. The van der Waals surface area contributed by atoms with Crippen molar-refractivity contribution in [1.82, 2.24) is 0 Å². The van der Waals surface area contributed by atoms with Gasteiger partial charge in [-0.1, -0.05) is 11.8 Å². The molecule has 0 aromatic heterocycles. The summed E-state index contributed by atoms with van der Waals surface area (Å²) in [6, 6.07) is 11.4. The van der Waals surface area contributed by atoms with Crippen molar-refractivity contribution >= 4 is 23.4 Å². The summed E-state index contributed by atoms with van der Waals surface area (Å²) in [6.07, 6.45) is 0. The molecule has 0 amide bonds. The number of nitrogens with zero attached hydrogens (tertiary/aromatic N) is 1. The lowest BCUT2D eigenvalue weighted by atomic mass is 10.2. The minimum Gasteiger partial charge on any atom is -0.497 e. The van der Waals surface area contributed by atoms with Gasteiger partial charge in [0.1, 0.15) is 5.75 Å². The van der Waals surface area contributed by atoms with Gasteiger partial charge in [-0.2, -0.15) is 0 Å². The van der Waals surface area contributed by atoms with Crippen LogP contribution in [0.25, 0.3) is 0 Å². The van der Waals surface area contributed by atoms with E-state index < -0.39 is 4.92 Å². The van der Waals surface area contributed by atoms with Gasteiger partial charge in [-0.15, -0.1) is 0 Å². The molecule has 0 saturated heterocycles. The van der Waals surface area contributed by atoms with E-state index in [2.05, 4.69) is 0 Å². The van der Waals surface area contributed by atoms with Gasteiger partial charge in [0, 0.05) is 4.90 Å². The largest absolute Gasteiger partial charge is 0.497 e. The maximum Gasteiger partial charge on any atom is 0.338 e. The molecule has 0 aliphatic rings. The average molecular weight is 333 g/mol. The summed E-state index contributed by atoms with van der Waals surface area (Å²) in [5.41, 5.74) is 0.421. The maximum absolute atomic E-state index is 11.6. The lowest BCUT2D eigenvalue weighted by molar-refractivity contribution is -0.387. The zero-order valence-electron chi connectivity index (χ0n) is 12.6. The lowest BCUT2D eigenvalue weighted by Gasteiger charge is -2.06. The first-order valence-electron chi connectivity index (χ1n) is 6.82. The molecule has 2 aromatic rings. The number of methoxy groups -OCH3 is 1. The van der Waals surface area contributed by atoms with E-state index in [0.717, 1.165) is 4.90 Å². The van der Waals surface area contributed by atoms with Crippen LogP contribution in [-0.2, 0) is 4.74 Å². The molecule has 2 rings (SSSR count). The molecule has 0 aliphatic carbocycles. The minimum atomic E-state index is -0.447. The first-order valence-corrected chi connectivity index (χ1v) is 7.64. The number of hydrogen-bond donors (Lipinski definition) is 0. The number of nitro groups is 1. The zero-order valence-corrected chi connectivity index (χ0v) is 13.5. The molecule has 0 radical (unpaired) electrons. The Morgan fingerprint density at radius 3 is 2.48 bits per heavy atom. The molecule has 0 unspecified atom stereocenters. The molecule has 2 aromatic carbocycles. The zero-order chi connectivity index (χ0) is 16.8. The molecule has 6 nitrogen and oxygen atoms in total. The summed E-state index contributed by atoms with van der Waals surface area (Å²) in [4.78, 5) is 23.6. The Hall–Kier alpha value is -2.54. The molecule has 23 heavy (non-hydrogen) atoms. The fourth-order valence-corrected chi connectivity index (χ4v) is 2.75. The van der Waals surface area contributed by atoms with Gasteiger partial charge in [-0.3, -0.25) is 10.1 Å². The van der Waals surface area contributed by atoms with Gasteiger partial charge in [-0.05, 0) is 43.3 Å². The summed E-state index contributed by atoms with van der Waals surface area (Å²) in [6.45, 7) is 2.05. The Bertz CT molecular complexity index is 715. The van der Waals surface area contributed by atoms with Crippen molar-refractivity contribution in [3.63, 3.8) is 0 Å². The molecule has 0 N–H and O–H groups in total. The Morgan fingerprint density at radius 1 is 1.22 bits per heavy atom. The second-order valence-corrected chi connectivity index (χ2v) is 5.55. The van der Waals surface area contributed by atoms with Crippen LogP contribution < -0.4 is 4.74 Å². The molecule has 0 aliphatic heterocycles. The van der Waals surface area contributed by atoms with Crippen molar-refractivity contribution in [1.29, 1.82) is 0 Å². The van der Waals surface area contributed by atoms with E-state index in [0.29, 0.717) is 22.8 Å². The number of carbonyl (C=O) groups excluding carboxylic acids is 1. The first-order chi connectivity index (χ1) is 11.0. The molecule has 7 heteroatoms. The third-order valence-electron chi connectivity index (χ3n) is 2.96. The summed E-state index contributed by atoms with van der Waals surface area (Å²) in [7, 11) is 1.46. The second kappa shape index (κ2) is 7.64. The Morgan fingerprint density at radius 2 is 1.91 bits per heavy atom. The van der Waals surface area contributed by atoms with Gasteiger partial charge < -0.3 is 9.47 Å². The van der Waals surface area contributed by atoms with Gasteiger partial charge in [0.05, 0.1) is 35.2 Å². The SMILES string of the molecule is CCOC(=O)c1ccc(Sc2ccc(OC)cc2[N+](=O)[O-])cc1. The highest BCUT2D eigenvalue weighted by Crippen LogP contribution is 2.36. The van der Waals surface area contributed by atoms with Crippen LogP contribution in [0, 0.1) is 10.1 Å². The Labute approximate surface area is 137 Å². The number of rotatable bonds is 6. The predicted molar refractivity (Wildman–Crippen MR) is 86.2 cm³/mol. The average Bonchev–Trinajstić information content (AvgIpc) is 2.56. The summed E-state index contributed by atoms with van der Waals surface area (Å²) in [5.74, 6) is 0.0400. The molecule has 0 saturated carbocycles. The Kier molecular flexibility index (Phi) is 5.59. The molecular formula is C16H15NO5S. The van der Waals surface area contributed by atoms with E-state index in [1.807, 2.05) is 0 Å². The van der Waals surface area contributed by atoms with Crippen LogP contribution in [0.1, 0.15) is 17.3 Å². The van der Waals surface area contributed by atoms with Crippen molar-refractivity contribution in [2.24, 2.45) is 0 Å². The monoisotopic (exact) mass is 333 g/mol. The van der Waals surface area contributed by atoms with Crippen molar-refractivity contribution in [2.45, 2.75) is 16.7 Å². The number of esters is 1. The van der Waals surface area contributed by atoms with E-state index in [1.54, 1.807) is 43.3 Å². The normalized spacial score (nSPS) is 10.2. The standard InChI is InChI=1S/C16H15NO5S/c1-3-22-16(18)11-4-7-13(8-5-11)23-15-9-6-12(21-2)10-14(15)17(19)20/h4-10H,3H2,1-2H3. The number of nitro benzene ring substituents is 1. The van der Waals surface area contributed by atoms with Gasteiger partial charge in [0.15, 0.2) is 0 Å². The first kappa shape index (κ1) is 16.8. The van der Waals surface area contributed by atoms with Gasteiger partial charge in [0.2, 0.25) is 0 Å². The lowest BCUT2D eigenvalue weighted by Crippen LogP contribution is -2.03. The molecule has 0 bridgehead atoms. The maximum atomic E-state index is 11.6. The van der Waals surface area contributed by atoms with Crippen molar-refractivity contribution < 1.29 is 19.2 Å². The summed E-state index contributed by atoms with van der Waals surface area (Å²) in [5, 5.41) is 11.2. The minimum absolute atomic E-state index is 0.0242. The number of hydrogen-bond acceptors (Lipinski definition) is 6. The van der Waals surface area contributed by atoms with E-state index in [9.17, 15) is 14.9 Å². The van der Waals surface area contributed by atoms with Crippen molar-refractivity contribution in [3.05, 3.63) is 58.1 Å². The quantitative estimate of drug-likeness (QED) is 0.453. The summed E-state index contributed by atoms with van der Waals surface area (Å²) < 4.78 is 9.92. The topological polar surface area (TPSA) is 78.7 Å². The number of carbonyl (C=O) groups is 1. The molecule has 0 atom stereocenters. The molecule has 0 spiro atoms. The van der Waals surface area contributed by atoms with Crippen molar-refractivity contribution in [3.8, 4) is 5.75 Å². The van der Waals surface area contributed by atoms with Gasteiger partial charge in [0.25, 0.3) is 5.69 Å². The highest BCUT2D eigenvalue weighted by Gasteiger charge is 2.16. The van der Waals surface area contributed by atoms with Gasteiger partial charge in [-0.25, -0.2) is 4.79 Å². The number of ether oxygens (including phenoxy) is 2. The smallest absolute Gasteiger partial charge is 0.338 e. The fourth-order valence-electron chi connectivity index (χ4n) is 1.85. The van der Waals surface area contributed by atoms with Crippen LogP contribution in [0.5, 0.6) is 5.75 Å². The second-order valence-electron chi connectivity index (χ2n) is 4.44. The van der Waals surface area contributed by atoms with Crippen LogP contribution in [-0.4, -0.2) is 24.6 Å². The molecule has 0 fully saturated rings. The third-order valence-corrected chi connectivity index (χ3v) is 4.03. The van der Waals surface area contributed by atoms with E-state index >= 15 is 0 Å². The van der Waals surface area contributed by atoms with Gasteiger partial charge >= 0.3 is 5.97 Å².